The normalized spacial score (nSPS) is 13.9. The van der Waals surface area contributed by atoms with Crippen LogP contribution in [0, 0.1) is 0 Å². The van der Waals surface area contributed by atoms with Crippen LogP contribution in [0.2, 0.25) is 0 Å². The van der Waals surface area contributed by atoms with Crippen molar-refractivity contribution in [1.82, 2.24) is 19.9 Å². The summed E-state index contributed by atoms with van der Waals surface area (Å²) in [4.78, 5) is 15.8. The predicted molar refractivity (Wildman–Crippen MR) is 103 cm³/mol. The highest BCUT2D eigenvalue weighted by Gasteiger charge is 2.20. The van der Waals surface area contributed by atoms with E-state index in [1.807, 2.05) is 30.5 Å². The number of fused-ring (bicyclic) bond motifs is 1. The lowest BCUT2D eigenvalue weighted by atomic mass is 10.1. The van der Waals surface area contributed by atoms with Gasteiger partial charge in [-0.05, 0) is 18.2 Å². The van der Waals surface area contributed by atoms with E-state index in [1.165, 1.54) is 5.56 Å². The van der Waals surface area contributed by atoms with Gasteiger partial charge in [-0.3, -0.25) is 9.88 Å². The standard InChI is InChI=1S/C21H22N4O2/c1-26-18-6-5-16(20(10-18)27-2)13-25-9-7-19-17(14-25)12-23-21(24-19)15-4-3-8-22-11-15/h3-6,8,10-12H,7,9,13-14H2,1-2H3. The molecule has 0 N–H and O–H groups in total. The molecule has 3 aromatic rings. The van der Waals surface area contributed by atoms with Crippen molar-refractivity contribution >= 4 is 0 Å². The van der Waals surface area contributed by atoms with Crippen LogP contribution in [0.15, 0.2) is 48.9 Å². The fourth-order valence-electron chi connectivity index (χ4n) is 3.37. The fourth-order valence-corrected chi connectivity index (χ4v) is 3.37. The first kappa shape index (κ1) is 17.4. The Balaban J connectivity index is 1.51. The molecule has 0 amide bonds. The summed E-state index contributed by atoms with van der Waals surface area (Å²) in [5.41, 5.74) is 4.41. The summed E-state index contributed by atoms with van der Waals surface area (Å²) in [7, 11) is 3.35. The van der Waals surface area contributed by atoms with Crippen LogP contribution < -0.4 is 9.47 Å². The second-order valence-corrected chi connectivity index (χ2v) is 6.55. The number of hydrogen-bond donors (Lipinski definition) is 0. The number of ether oxygens (including phenoxy) is 2. The maximum absolute atomic E-state index is 5.53. The number of rotatable bonds is 5. The van der Waals surface area contributed by atoms with E-state index >= 15 is 0 Å². The van der Waals surface area contributed by atoms with E-state index in [0.717, 1.165) is 60.2 Å². The van der Waals surface area contributed by atoms with Gasteiger partial charge >= 0.3 is 0 Å². The Bertz CT molecular complexity index is 931. The van der Waals surface area contributed by atoms with Gasteiger partial charge < -0.3 is 9.47 Å². The third kappa shape index (κ3) is 3.75. The van der Waals surface area contributed by atoms with Crippen molar-refractivity contribution in [3.8, 4) is 22.9 Å². The molecule has 0 atom stereocenters. The molecule has 1 aliphatic rings. The molecule has 2 aromatic heterocycles. The Hall–Kier alpha value is -2.99. The summed E-state index contributed by atoms with van der Waals surface area (Å²) in [6.45, 7) is 2.60. The molecule has 0 radical (unpaired) electrons. The van der Waals surface area contributed by atoms with Gasteiger partial charge in [0.25, 0.3) is 0 Å². The minimum absolute atomic E-state index is 0.743. The highest BCUT2D eigenvalue weighted by atomic mass is 16.5. The zero-order valence-corrected chi connectivity index (χ0v) is 15.6. The van der Waals surface area contributed by atoms with Crippen molar-refractivity contribution in [2.24, 2.45) is 0 Å². The lowest BCUT2D eigenvalue weighted by Gasteiger charge is -2.28. The average molecular weight is 362 g/mol. The first-order valence-electron chi connectivity index (χ1n) is 8.95. The Morgan fingerprint density at radius 2 is 2.04 bits per heavy atom. The number of benzene rings is 1. The SMILES string of the molecule is COc1ccc(CN2CCc3nc(-c4cccnc4)ncc3C2)c(OC)c1. The Labute approximate surface area is 158 Å². The van der Waals surface area contributed by atoms with Gasteiger partial charge in [-0.25, -0.2) is 9.97 Å². The zero-order valence-electron chi connectivity index (χ0n) is 15.6. The molecule has 0 unspecified atom stereocenters. The van der Waals surface area contributed by atoms with Crippen LogP contribution in [0.5, 0.6) is 11.5 Å². The molecule has 1 aromatic carbocycles. The summed E-state index contributed by atoms with van der Waals surface area (Å²) in [5.74, 6) is 2.39. The van der Waals surface area contributed by atoms with Crippen LogP contribution in [-0.2, 0) is 19.5 Å². The van der Waals surface area contributed by atoms with E-state index in [0.29, 0.717) is 0 Å². The topological polar surface area (TPSA) is 60.4 Å². The number of pyridine rings is 1. The molecule has 0 saturated heterocycles. The van der Waals surface area contributed by atoms with Crippen LogP contribution in [0.1, 0.15) is 16.8 Å². The van der Waals surface area contributed by atoms with Gasteiger partial charge in [-0.1, -0.05) is 6.07 Å². The van der Waals surface area contributed by atoms with E-state index in [2.05, 4.69) is 20.9 Å². The minimum Gasteiger partial charge on any atom is -0.497 e. The van der Waals surface area contributed by atoms with Gasteiger partial charge in [0.2, 0.25) is 0 Å². The first-order chi connectivity index (χ1) is 13.3. The highest BCUT2D eigenvalue weighted by Crippen LogP contribution is 2.28. The molecular weight excluding hydrogens is 340 g/mol. The van der Waals surface area contributed by atoms with Crippen molar-refractivity contribution < 1.29 is 9.47 Å². The number of hydrogen-bond acceptors (Lipinski definition) is 6. The first-order valence-corrected chi connectivity index (χ1v) is 8.95. The van der Waals surface area contributed by atoms with E-state index < -0.39 is 0 Å². The number of methoxy groups -OCH3 is 2. The predicted octanol–water partition coefficient (Wildman–Crippen LogP) is 3.11. The van der Waals surface area contributed by atoms with Crippen LogP contribution >= 0.6 is 0 Å². The maximum Gasteiger partial charge on any atom is 0.160 e. The molecule has 0 fully saturated rings. The van der Waals surface area contributed by atoms with Crippen molar-refractivity contribution in [1.29, 1.82) is 0 Å². The summed E-state index contributed by atoms with van der Waals surface area (Å²) in [5, 5.41) is 0. The highest BCUT2D eigenvalue weighted by molar-refractivity contribution is 5.53. The Kier molecular flexibility index (Phi) is 4.98. The van der Waals surface area contributed by atoms with Crippen LogP contribution in [-0.4, -0.2) is 40.6 Å². The van der Waals surface area contributed by atoms with E-state index in [9.17, 15) is 0 Å². The van der Waals surface area contributed by atoms with E-state index in [-0.39, 0.29) is 0 Å². The molecule has 138 valence electrons. The summed E-state index contributed by atoms with van der Waals surface area (Å²) >= 11 is 0. The molecule has 1 aliphatic heterocycles. The molecule has 6 nitrogen and oxygen atoms in total. The van der Waals surface area contributed by atoms with Crippen LogP contribution in [0.3, 0.4) is 0 Å². The Morgan fingerprint density at radius 3 is 2.81 bits per heavy atom. The molecule has 6 heteroatoms. The van der Waals surface area contributed by atoms with Gasteiger partial charge in [-0.2, -0.15) is 0 Å². The molecule has 0 aliphatic carbocycles. The third-order valence-corrected chi connectivity index (χ3v) is 4.82. The van der Waals surface area contributed by atoms with Crippen molar-refractivity contribution in [2.45, 2.75) is 19.5 Å². The van der Waals surface area contributed by atoms with Gasteiger partial charge in [0.15, 0.2) is 5.82 Å². The Morgan fingerprint density at radius 1 is 1.11 bits per heavy atom. The summed E-state index contributed by atoms with van der Waals surface area (Å²) < 4.78 is 10.8. The lowest BCUT2D eigenvalue weighted by Crippen LogP contribution is -2.31. The molecule has 0 spiro atoms. The molecular formula is C21H22N4O2. The largest absolute Gasteiger partial charge is 0.497 e. The van der Waals surface area contributed by atoms with Crippen molar-refractivity contribution in [3.63, 3.8) is 0 Å². The number of nitrogens with zero attached hydrogens (tertiary/aromatic N) is 4. The summed E-state index contributed by atoms with van der Waals surface area (Å²) in [6.07, 6.45) is 6.41. The zero-order chi connectivity index (χ0) is 18.6. The van der Waals surface area contributed by atoms with Gasteiger partial charge in [0.1, 0.15) is 11.5 Å². The second kappa shape index (κ2) is 7.72. The van der Waals surface area contributed by atoms with Crippen LogP contribution in [0.4, 0.5) is 0 Å². The van der Waals surface area contributed by atoms with Gasteiger partial charge in [-0.15, -0.1) is 0 Å². The molecule has 0 bridgehead atoms. The van der Waals surface area contributed by atoms with Gasteiger partial charge in [0, 0.05) is 67.4 Å². The molecule has 4 rings (SSSR count). The van der Waals surface area contributed by atoms with Crippen LogP contribution in [0.25, 0.3) is 11.4 Å². The van der Waals surface area contributed by atoms with E-state index in [4.69, 9.17) is 14.5 Å². The van der Waals surface area contributed by atoms with Crippen molar-refractivity contribution in [2.75, 3.05) is 20.8 Å². The molecule has 0 saturated carbocycles. The average Bonchev–Trinajstić information content (AvgIpc) is 2.74. The maximum atomic E-state index is 5.53. The second-order valence-electron chi connectivity index (χ2n) is 6.55. The smallest absolute Gasteiger partial charge is 0.160 e. The quantitative estimate of drug-likeness (QED) is 0.695. The lowest BCUT2D eigenvalue weighted by molar-refractivity contribution is 0.239. The fraction of sp³-hybridized carbons (Fsp3) is 0.286. The molecule has 3 heterocycles. The summed E-state index contributed by atoms with van der Waals surface area (Å²) in [6, 6.07) is 9.85. The molecule has 27 heavy (non-hydrogen) atoms. The van der Waals surface area contributed by atoms with Crippen molar-refractivity contribution in [3.05, 3.63) is 65.7 Å². The third-order valence-electron chi connectivity index (χ3n) is 4.82. The van der Waals surface area contributed by atoms with Gasteiger partial charge in [0.05, 0.1) is 19.9 Å². The van der Waals surface area contributed by atoms with E-state index in [1.54, 1.807) is 26.6 Å². The minimum atomic E-state index is 0.743. The monoisotopic (exact) mass is 362 g/mol. The number of aromatic nitrogens is 3.